The van der Waals surface area contributed by atoms with Gasteiger partial charge in [0.15, 0.2) is 0 Å². The standard InChI is InChI=1S/C4H8O2.CH4/c1-4(6)2-3-5;/h3-4,6H,2H2,1H3;1H4. The van der Waals surface area contributed by atoms with Crippen LogP contribution < -0.4 is 0 Å². The average molecular weight is 104 g/mol. The van der Waals surface area contributed by atoms with E-state index in [0.717, 1.165) is 0 Å². The summed E-state index contributed by atoms with van der Waals surface area (Å²) < 4.78 is 0. The highest BCUT2D eigenvalue weighted by atomic mass is 16.3. The Morgan fingerprint density at radius 3 is 2.29 bits per heavy atom. The molecule has 0 saturated heterocycles. The summed E-state index contributed by atoms with van der Waals surface area (Å²) in [4.78, 5) is 9.46. The molecule has 2 nitrogen and oxygen atoms in total. The first-order valence-corrected chi connectivity index (χ1v) is 1.89. The van der Waals surface area contributed by atoms with Crippen molar-refractivity contribution < 1.29 is 9.90 Å². The highest BCUT2D eigenvalue weighted by Crippen LogP contribution is 1.79. The highest BCUT2D eigenvalue weighted by molar-refractivity contribution is 5.49. The molecule has 0 amide bonds. The molecule has 0 aromatic rings. The largest absolute Gasteiger partial charge is 0.393 e. The zero-order valence-electron chi connectivity index (χ0n) is 3.72. The first-order valence-electron chi connectivity index (χ1n) is 1.89. The van der Waals surface area contributed by atoms with Crippen LogP contribution in [0.5, 0.6) is 0 Å². The predicted octanol–water partition coefficient (Wildman–Crippen LogP) is 0.592. The number of aldehydes is 1. The number of hydrogen-bond donors (Lipinski definition) is 1. The molecule has 0 fully saturated rings. The van der Waals surface area contributed by atoms with Crippen LogP contribution in [-0.4, -0.2) is 17.5 Å². The molecule has 1 N–H and O–H groups in total. The minimum Gasteiger partial charge on any atom is -0.393 e. The van der Waals surface area contributed by atoms with Crippen LogP contribution in [0.2, 0.25) is 0 Å². The summed E-state index contributed by atoms with van der Waals surface area (Å²) in [6.45, 7) is 1.58. The van der Waals surface area contributed by atoms with Gasteiger partial charge in [-0.05, 0) is 6.92 Å². The van der Waals surface area contributed by atoms with E-state index >= 15 is 0 Å². The minimum atomic E-state index is -0.470. The fourth-order valence-corrected chi connectivity index (χ4v) is 0.139. The first-order chi connectivity index (χ1) is 2.77. The van der Waals surface area contributed by atoms with Crippen molar-refractivity contribution in [3.8, 4) is 0 Å². The van der Waals surface area contributed by atoms with Crippen LogP contribution in [0.4, 0.5) is 0 Å². The van der Waals surface area contributed by atoms with Crippen LogP contribution in [0.3, 0.4) is 0 Å². The van der Waals surface area contributed by atoms with Gasteiger partial charge in [-0.25, -0.2) is 0 Å². The molecule has 0 aliphatic heterocycles. The van der Waals surface area contributed by atoms with Crippen LogP contribution in [0.1, 0.15) is 20.8 Å². The Morgan fingerprint density at radius 2 is 2.29 bits per heavy atom. The topological polar surface area (TPSA) is 37.3 Å². The molecule has 2 heteroatoms. The molecule has 0 saturated carbocycles. The zero-order valence-corrected chi connectivity index (χ0v) is 3.72. The number of rotatable bonds is 2. The van der Waals surface area contributed by atoms with Gasteiger partial charge in [0.25, 0.3) is 0 Å². The molecule has 0 radical (unpaired) electrons. The van der Waals surface area contributed by atoms with Gasteiger partial charge >= 0.3 is 0 Å². The molecular weight excluding hydrogens is 92.1 g/mol. The minimum absolute atomic E-state index is 0. The molecule has 1 atom stereocenters. The van der Waals surface area contributed by atoms with E-state index in [9.17, 15) is 4.79 Å². The van der Waals surface area contributed by atoms with Crippen molar-refractivity contribution in [1.29, 1.82) is 0 Å². The maximum absolute atomic E-state index is 9.46. The predicted molar refractivity (Wildman–Crippen MR) is 29.1 cm³/mol. The van der Waals surface area contributed by atoms with Crippen LogP contribution >= 0.6 is 0 Å². The quantitative estimate of drug-likeness (QED) is 0.521. The molecule has 0 aliphatic carbocycles. The van der Waals surface area contributed by atoms with Gasteiger partial charge < -0.3 is 9.90 Å². The fraction of sp³-hybridized carbons (Fsp3) is 0.800. The van der Waals surface area contributed by atoms with Gasteiger partial charge in [-0.1, -0.05) is 7.43 Å². The van der Waals surface area contributed by atoms with Gasteiger partial charge in [-0.3, -0.25) is 0 Å². The van der Waals surface area contributed by atoms with Gasteiger partial charge in [0.05, 0.1) is 6.10 Å². The maximum Gasteiger partial charge on any atom is 0.122 e. The SMILES string of the molecule is C.CC(O)CC=O. The van der Waals surface area contributed by atoms with Crippen molar-refractivity contribution in [2.24, 2.45) is 0 Å². The maximum atomic E-state index is 9.46. The molecule has 0 aliphatic rings. The van der Waals surface area contributed by atoms with Gasteiger partial charge in [0.1, 0.15) is 6.29 Å². The van der Waals surface area contributed by atoms with E-state index in [1.165, 1.54) is 0 Å². The molecule has 0 heterocycles. The van der Waals surface area contributed by atoms with E-state index in [2.05, 4.69) is 0 Å². The second kappa shape index (κ2) is 5.63. The fourth-order valence-electron chi connectivity index (χ4n) is 0.139. The van der Waals surface area contributed by atoms with Crippen molar-refractivity contribution in [3.05, 3.63) is 0 Å². The zero-order chi connectivity index (χ0) is 4.99. The Morgan fingerprint density at radius 1 is 1.86 bits per heavy atom. The Balaban J connectivity index is 0. The molecule has 44 valence electrons. The van der Waals surface area contributed by atoms with E-state index in [0.29, 0.717) is 6.29 Å². The summed E-state index contributed by atoms with van der Waals surface area (Å²) in [5.41, 5.74) is 0. The number of aliphatic hydroxyl groups excluding tert-OH is 1. The second-order valence-electron chi connectivity index (χ2n) is 1.25. The van der Waals surface area contributed by atoms with Crippen molar-refractivity contribution in [3.63, 3.8) is 0 Å². The molecule has 1 unspecified atom stereocenters. The molecular formula is C5H12O2. The molecule has 0 spiro atoms. The van der Waals surface area contributed by atoms with E-state index in [1.54, 1.807) is 6.92 Å². The lowest BCUT2D eigenvalue weighted by Crippen LogP contribution is -1.97. The van der Waals surface area contributed by atoms with Crippen LogP contribution in [-0.2, 0) is 4.79 Å². The smallest absolute Gasteiger partial charge is 0.122 e. The lowest BCUT2D eigenvalue weighted by atomic mass is 10.3. The molecule has 0 rings (SSSR count). The lowest BCUT2D eigenvalue weighted by Gasteiger charge is -1.89. The van der Waals surface area contributed by atoms with Crippen molar-refractivity contribution in [2.45, 2.75) is 26.9 Å². The third-order valence-corrected chi connectivity index (χ3v) is 0.437. The Labute approximate surface area is 44.2 Å². The van der Waals surface area contributed by atoms with E-state index in [1.807, 2.05) is 0 Å². The van der Waals surface area contributed by atoms with Crippen molar-refractivity contribution >= 4 is 6.29 Å². The number of hydrogen-bond acceptors (Lipinski definition) is 2. The summed E-state index contributed by atoms with van der Waals surface area (Å²) in [6.07, 6.45) is 0.479. The van der Waals surface area contributed by atoms with Gasteiger partial charge in [-0.2, -0.15) is 0 Å². The van der Waals surface area contributed by atoms with E-state index < -0.39 is 6.10 Å². The third-order valence-electron chi connectivity index (χ3n) is 0.437. The average Bonchev–Trinajstić information content (AvgIpc) is 1.35. The van der Waals surface area contributed by atoms with Crippen LogP contribution in [0.15, 0.2) is 0 Å². The molecule has 0 aromatic carbocycles. The monoisotopic (exact) mass is 104 g/mol. The van der Waals surface area contributed by atoms with E-state index in [-0.39, 0.29) is 13.8 Å². The number of aliphatic hydroxyl groups is 1. The normalized spacial score (nSPS) is 11.7. The number of carbonyl (C=O) groups excluding carboxylic acids is 1. The molecule has 0 bridgehead atoms. The Hall–Kier alpha value is -0.370. The first kappa shape index (κ1) is 9.80. The Kier molecular flexibility index (Phi) is 7.88. The van der Waals surface area contributed by atoms with Crippen LogP contribution in [0.25, 0.3) is 0 Å². The highest BCUT2D eigenvalue weighted by Gasteiger charge is 1.87. The van der Waals surface area contributed by atoms with Gasteiger partial charge in [0, 0.05) is 6.42 Å². The van der Waals surface area contributed by atoms with Gasteiger partial charge in [0.2, 0.25) is 0 Å². The van der Waals surface area contributed by atoms with Crippen molar-refractivity contribution in [1.82, 2.24) is 0 Å². The van der Waals surface area contributed by atoms with Gasteiger partial charge in [-0.15, -0.1) is 0 Å². The van der Waals surface area contributed by atoms with Crippen molar-refractivity contribution in [2.75, 3.05) is 0 Å². The number of carbonyl (C=O) groups is 1. The van der Waals surface area contributed by atoms with E-state index in [4.69, 9.17) is 5.11 Å². The lowest BCUT2D eigenvalue weighted by molar-refractivity contribution is -0.109. The Bertz CT molecular complexity index is 41.3. The molecule has 0 aromatic heterocycles. The summed E-state index contributed by atoms with van der Waals surface area (Å²) >= 11 is 0. The molecule has 7 heavy (non-hydrogen) atoms. The van der Waals surface area contributed by atoms with Crippen LogP contribution in [0, 0.1) is 0 Å². The summed E-state index contributed by atoms with van der Waals surface area (Å²) in [6, 6.07) is 0. The summed E-state index contributed by atoms with van der Waals surface area (Å²) in [5.74, 6) is 0. The second-order valence-corrected chi connectivity index (χ2v) is 1.25. The summed E-state index contributed by atoms with van der Waals surface area (Å²) in [7, 11) is 0. The summed E-state index contributed by atoms with van der Waals surface area (Å²) in [5, 5.41) is 8.32. The third kappa shape index (κ3) is 10.7.